The summed E-state index contributed by atoms with van der Waals surface area (Å²) in [7, 11) is 0. The summed E-state index contributed by atoms with van der Waals surface area (Å²) in [6.45, 7) is 1.63. The summed E-state index contributed by atoms with van der Waals surface area (Å²) in [4.78, 5) is 37.8. The van der Waals surface area contributed by atoms with Crippen molar-refractivity contribution in [2.45, 2.75) is 50.6 Å². The minimum Gasteiger partial charge on any atom is -0.350 e. The van der Waals surface area contributed by atoms with Crippen molar-refractivity contribution in [1.29, 1.82) is 0 Å². The van der Waals surface area contributed by atoms with Crippen LogP contribution in [0.25, 0.3) is 0 Å². The normalized spacial score (nSPS) is 19.7. The first kappa shape index (κ1) is 18.3. The van der Waals surface area contributed by atoms with Gasteiger partial charge in [0.2, 0.25) is 5.91 Å². The van der Waals surface area contributed by atoms with Crippen molar-refractivity contribution < 1.29 is 23.2 Å². The number of imide groups is 1. The standard InChI is InChI=1S/C18H21F2N3O3/c1-11(12-4-5-13(19)14(20)10-12)21-15(24)6-9-23-16(25)18(22-17(23)26)7-2-3-8-18/h4-5,10-11H,2-3,6-9H2,1H3,(H,21,24)(H,22,26). The van der Waals surface area contributed by atoms with Crippen molar-refractivity contribution in [2.75, 3.05) is 6.54 Å². The summed E-state index contributed by atoms with van der Waals surface area (Å²) >= 11 is 0. The van der Waals surface area contributed by atoms with E-state index in [1.54, 1.807) is 6.92 Å². The molecule has 6 nitrogen and oxygen atoms in total. The number of rotatable bonds is 5. The molecule has 1 aliphatic carbocycles. The predicted octanol–water partition coefficient (Wildman–Crippen LogP) is 2.40. The van der Waals surface area contributed by atoms with Crippen molar-refractivity contribution >= 4 is 17.8 Å². The van der Waals surface area contributed by atoms with Gasteiger partial charge in [0.25, 0.3) is 5.91 Å². The molecule has 8 heteroatoms. The molecule has 0 radical (unpaired) electrons. The number of hydrogen-bond donors (Lipinski definition) is 2. The first-order chi connectivity index (χ1) is 12.3. The first-order valence-corrected chi connectivity index (χ1v) is 8.71. The van der Waals surface area contributed by atoms with Gasteiger partial charge in [-0.1, -0.05) is 18.9 Å². The molecule has 2 fully saturated rings. The van der Waals surface area contributed by atoms with Crippen molar-refractivity contribution in [3.8, 4) is 0 Å². The average Bonchev–Trinajstić information content (AvgIpc) is 3.14. The molecule has 4 amide bonds. The second-order valence-corrected chi connectivity index (χ2v) is 6.89. The Morgan fingerprint density at radius 3 is 2.62 bits per heavy atom. The van der Waals surface area contributed by atoms with Gasteiger partial charge in [0.05, 0.1) is 6.04 Å². The van der Waals surface area contributed by atoms with E-state index in [1.807, 2.05) is 0 Å². The van der Waals surface area contributed by atoms with Crippen LogP contribution in [-0.2, 0) is 9.59 Å². The molecule has 0 aromatic heterocycles. The van der Waals surface area contributed by atoms with Crippen LogP contribution in [0.2, 0.25) is 0 Å². The molecule has 1 atom stereocenters. The fraction of sp³-hybridized carbons (Fsp3) is 0.500. The topological polar surface area (TPSA) is 78.5 Å². The van der Waals surface area contributed by atoms with Crippen LogP contribution in [0.5, 0.6) is 0 Å². The van der Waals surface area contributed by atoms with Crippen LogP contribution in [0.3, 0.4) is 0 Å². The van der Waals surface area contributed by atoms with Crippen LogP contribution in [0.4, 0.5) is 13.6 Å². The fourth-order valence-electron chi connectivity index (χ4n) is 3.59. The van der Waals surface area contributed by atoms with Crippen molar-refractivity contribution in [3.63, 3.8) is 0 Å². The van der Waals surface area contributed by atoms with E-state index in [0.717, 1.165) is 29.9 Å². The highest BCUT2D eigenvalue weighted by atomic mass is 19.2. The van der Waals surface area contributed by atoms with Crippen molar-refractivity contribution in [2.24, 2.45) is 0 Å². The Labute approximate surface area is 149 Å². The van der Waals surface area contributed by atoms with Gasteiger partial charge in [0, 0.05) is 13.0 Å². The molecule has 0 bridgehead atoms. The number of nitrogens with zero attached hydrogens (tertiary/aromatic N) is 1. The molecule has 1 aromatic rings. The third-order valence-electron chi connectivity index (χ3n) is 5.09. The second-order valence-electron chi connectivity index (χ2n) is 6.89. The molecule has 1 heterocycles. The van der Waals surface area contributed by atoms with Crippen molar-refractivity contribution in [1.82, 2.24) is 15.5 Å². The van der Waals surface area contributed by atoms with Crippen LogP contribution in [0.1, 0.15) is 50.6 Å². The summed E-state index contributed by atoms with van der Waals surface area (Å²) in [5, 5.41) is 5.42. The Hall–Kier alpha value is -2.51. The maximum absolute atomic E-state index is 13.3. The molecule has 1 aliphatic heterocycles. The second kappa shape index (κ2) is 7.01. The zero-order valence-electron chi connectivity index (χ0n) is 14.5. The lowest BCUT2D eigenvalue weighted by Crippen LogP contribution is -2.44. The van der Waals surface area contributed by atoms with Gasteiger partial charge in [-0.15, -0.1) is 0 Å². The SMILES string of the molecule is CC(NC(=O)CCN1C(=O)NC2(CCCC2)C1=O)c1ccc(F)c(F)c1. The van der Waals surface area contributed by atoms with E-state index in [4.69, 9.17) is 0 Å². The van der Waals surface area contributed by atoms with Gasteiger partial charge in [-0.25, -0.2) is 13.6 Å². The Morgan fingerprint density at radius 2 is 1.96 bits per heavy atom. The van der Waals surface area contributed by atoms with E-state index in [9.17, 15) is 23.2 Å². The summed E-state index contributed by atoms with van der Waals surface area (Å²) in [5.41, 5.74) is -0.357. The number of halogens is 2. The van der Waals surface area contributed by atoms with E-state index >= 15 is 0 Å². The largest absolute Gasteiger partial charge is 0.350 e. The smallest absolute Gasteiger partial charge is 0.325 e. The highest BCUT2D eigenvalue weighted by Gasteiger charge is 2.52. The summed E-state index contributed by atoms with van der Waals surface area (Å²) in [5.74, 6) is -2.58. The monoisotopic (exact) mass is 365 g/mol. The molecule has 2 aliphatic rings. The third-order valence-corrected chi connectivity index (χ3v) is 5.09. The number of urea groups is 1. The van der Waals surface area contributed by atoms with Crippen LogP contribution in [-0.4, -0.2) is 34.8 Å². The van der Waals surface area contributed by atoms with Gasteiger partial charge in [-0.05, 0) is 37.5 Å². The minimum atomic E-state index is -0.982. The average molecular weight is 365 g/mol. The molecule has 140 valence electrons. The Balaban J connectivity index is 1.54. The van der Waals surface area contributed by atoms with Gasteiger partial charge >= 0.3 is 6.03 Å². The number of carbonyl (C=O) groups excluding carboxylic acids is 3. The number of hydrogen-bond acceptors (Lipinski definition) is 3. The number of amides is 4. The fourth-order valence-corrected chi connectivity index (χ4v) is 3.59. The third kappa shape index (κ3) is 3.40. The molecule has 1 saturated heterocycles. The van der Waals surface area contributed by atoms with E-state index in [2.05, 4.69) is 10.6 Å². The molecular weight excluding hydrogens is 344 g/mol. The zero-order chi connectivity index (χ0) is 18.9. The highest BCUT2D eigenvalue weighted by Crippen LogP contribution is 2.35. The van der Waals surface area contributed by atoms with Crippen LogP contribution in [0.15, 0.2) is 18.2 Å². The van der Waals surface area contributed by atoms with Gasteiger partial charge in [-0.2, -0.15) is 0 Å². The molecule has 26 heavy (non-hydrogen) atoms. The summed E-state index contributed by atoms with van der Waals surface area (Å²) in [6.07, 6.45) is 3.00. The van der Waals surface area contributed by atoms with Crippen LogP contribution in [0, 0.1) is 11.6 Å². The maximum atomic E-state index is 13.3. The molecule has 1 aromatic carbocycles. The first-order valence-electron chi connectivity index (χ1n) is 8.71. The van der Waals surface area contributed by atoms with Gasteiger partial charge in [-0.3, -0.25) is 14.5 Å². The number of benzene rings is 1. The molecule has 2 N–H and O–H groups in total. The Kier molecular flexibility index (Phi) is 4.93. The number of carbonyl (C=O) groups is 3. The van der Waals surface area contributed by atoms with Crippen LogP contribution < -0.4 is 10.6 Å². The maximum Gasteiger partial charge on any atom is 0.325 e. The Bertz CT molecular complexity index is 747. The lowest BCUT2D eigenvalue weighted by Gasteiger charge is -2.20. The van der Waals surface area contributed by atoms with Gasteiger partial charge in [0.15, 0.2) is 11.6 Å². The zero-order valence-corrected chi connectivity index (χ0v) is 14.5. The van der Waals surface area contributed by atoms with Crippen LogP contribution >= 0.6 is 0 Å². The highest BCUT2D eigenvalue weighted by molar-refractivity contribution is 6.07. The summed E-state index contributed by atoms with van der Waals surface area (Å²) in [6, 6.07) is 2.44. The predicted molar refractivity (Wildman–Crippen MR) is 89.0 cm³/mol. The minimum absolute atomic E-state index is 0.0112. The van der Waals surface area contributed by atoms with E-state index in [0.29, 0.717) is 18.4 Å². The van der Waals surface area contributed by atoms with E-state index < -0.39 is 29.2 Å². The quantitative estimate of drug-likeness (QED) is 0.787. The number of nitrogens with one attached hydrogen (secondary N) is 2. The molecule has 1 spiro atoms. The summed E-state index contributed by atoms with van der Waals surface area (Å²) < 4.78 is 26.3. The molecule has 1 saturated carbocycles. The molecular formula is C18H21F2N3O3. The molecule has 3 rings (SSSR count). The Morgan fingerprint density at radius 1 is 1.27 bits per heavy atom. The van der Waals surface area contributed by atoms with E-state index in [1.165, 1.54) is 6.07 Å². The van der Waals surface area contributed by atoms with Gasteiger partial charge in [0.1, 0.15) is 5.54 Å². The van der Waals surface area contributed by atoms with E-state index in [-0.39, 0.29) is 24.8 Å². The van der Waals surface area contributed by atoms with Gasteiger partial charge < -0.3 is 10.6 Å². The lowest BCUT2D eigenvalue weighted by molar-refractivity contribution is -0.131. The molecule has 1 unspecified atom stereocenters. The van der Waals surface area contributed by atoms with Crippen molar-refractivity contribution in [3.05, 3.63) is 35.4 Å². The lowest BCUT2D eigenvalue weighted by atomic mass is 9.98.